The highest BCUT2D eigenvalue weighted by molar-refractivity contribution is 5.96. The molecule has 1 aliphatic rings. The summed E-state index contributed by atoms with van der Waals surface area (Å²) in [4.78, 5) is 36.6. The van der Waals surface area contributed by atoms with Crippen molar-refractivity contribution in [1.82, 2.24) is 5.32 Å². The standard InChI is InChI=1S/C32H34F3N3O4/c33-32(34,35)27-19-25(14-15-28(27)36)38-31(42)26(23-12-10-22(11-13-23)21-4-2-1-3-5-21)18-20-6-8-24(9-7-20)30(41)37-17-16-29(39)40/h6-15,19,21,26H,1-5,16-18,36H2,(H,37,41)(H,38,42)(H,39,40). The third kappa shape index (κ3) is 8.11. The third-order valence-electron chi connectivity index (χ3n) is 7.64. The van der Waals surface area contributed by atoms with E-state index in [0.29, 0.717) is 17.0 Å². The summed E-state index contributed by atoms with van der Waals surface area (Å²) in [5.74, 6) is -2.17. The summed E-state index contributed by atoms with van der Waals surface area (Å²) in [6.45, 7) is -0.00377. The van der Waals surface area contributed by atoms with E-state index in [1.165, 1.54) is 30.9 Å². The number of amides is 2. The van der Waals surface area contributed by atoms with E-state index in [4.69, 9.17) is 10.8 Å². The highest BCUT2D eigenvalue weighted by Crippen LogP contribution is 2.36. The Morgan fingerprint density at radius 1 is 0.929 bits per heavy atom. The van der Waals surface area contributed by atoms with Crippen LogP contribution in [0.5, 0.6) is 0 Å². The molecule has 3 aromatic rings. The number of carboxylic acids is 1. The maximum Gasteiger partial charge on any atom is 0.418 e. The van der Waals surface area contributed by atoms with Gasteiger partial charge in [0.1, 0.15) is 0 Å². The second-order valence-electron chi connectivity index (χ2n) is 10.6. The van der Waals surface area contributed by atoms with Crippen LogP contribution >= 0.6 is 0 Å². The smallest absolute Gasteiger partial charge is 0.418 e. The molecule has 0 aromatic heterocycles. The molecule has 1 fully saturated rings. The Balaban J connectivity index is 1.56. The van der Waals surface area contributed by atoms with Crippen LogP contribution < -0.4 is 16.4 Å². The van der Waals surface area contributed by atoms with Crippen molar-refractivity contribution in [3.05, 3.63) is 94.5 Å². The topological polar surface area (TPSA) is 122 Å². The number of benzene rings is 3. The van der Waals surface area contributed by atoms with E-state index in [2.05, 4.69) is 10.6 Å². The zero-order valence-corrected chi connectivity index (χ0v) is 23.0. The van der Waals surface area contributed by atoms with Crippen LogP contribution in [0.1, 0.15) is 83.0 Å². The van der Waals surface area contributed by atoms with Crippen molar-refractivity contribution in [2.75, 3.05) is 17.6 Å². The molecule has 0 aliphatic heterocycles. The van der Waals surface area contributed by atoms with Crippen LogP contribution in [-0.2, 0) is 22.2 Å². The maximum absolute atomic E-state index is 13.6. The monoisotopic (exact) mass is 581 g/mol. The molecule has 0 saturated heterocycles. The lowest BCUT2D eigenvalue weighted by Gasteiger charge is -2.23. The fourth-order valence-corrected chi connectivity index (χ4v) is 5.32. The van der Waals surface area contributed by atoms with Crippen molar-refractivity contribution in [2.24, 2.45) is 0 Å². The van der Waals surface area contributed by atoms with Gasteiger partial charge in [-0.05, 0) is 72.2 Å². The van der Waals surface area contributed by atoms with E-state index in [-0.39, 0.29) is 25.1 Å². The van der Waals surface area contributed by atoms with E-state index in [0.717, 1.165) is 30.5 Å². The molecule has 0 heterocycles. The van der Waals surface area contributed by atoms with Gasteiger partial charge in [0.2, 0.25) is 5.91 Å². The van der Waals surface area contributed by atoms with Crippen LogP contribution in [0.25, 0.3) is 0 Å². The Labute approximate surface area is 242 Å². The zero-order valence-electron chi connectivity index (χ0n) is 23.0. The SMILES string of the molecule is Nc1ccc(NC(=O)C(Cc2ccc(C(=O)NCCC(=O)O)cc2)c2ccc(C3CCCCC3)cc2)cc1C(F)(F)F. The van der Waals surface area contributed by atoms with Crippen LogP contribution in [0.2, 0.25) is 0 Å². The minimum Gasteiger partial charge on any atom is -0.481 e. The van der Waals surface area contributed by atoms with Gasteiger partial charge in [0, 0.05) is 23.5 Å². The number of carbonyl (C=O) groups excluding carboxylic acids is 2. The molecule has 5 N–H and O–H groups in total. The maximum atomic E-state index is 13.6. The first kappa shape index (κ1) is 30.6. The number of hydrogen-bond donors (Lipinski definition) is 4. The summed E-state index contributed by atoms with van der Waals surface area (Å²) in [6.07, 6.45) is 1.23. The minimum absolute atomic E-state index is 0.00377. The molecular formula is C32H34F3N3O4. The molecule has 3 aromatic carbocycles. The molecule has 0 radical (unpaired) electrons. The van der Waals surface area contributed by atoms with Gasteiger partial charge in [0.25, 0.3) is 5.91 Å². The largest absolute Gasteiger partial charge is 0.481 e. The molecule has 1 aliphatic carbocycles. The van der Waals surface area contributed by atoms with Gasteiger partial charge in [-0.15, -0.1) is 0 Å². The van der Waals surface area contributed by atoms with Crippen LogP contribution in [0.3, 0.4) is 0 Å². The van der Waals surface area contributed by atoms with Gasteiger partial charge in [-0.2, -0.15) is 13.2 Å². The summed E-state index contributed by atoms with van der Waals surface area (Å²) >= 11 is 0. The van der Waals surface area contributed by atoms with Gasteiger partial charge in [-0.1, -0.05) is 55.7 Å². The van der Waals surface area contributed by atoms with Crippen molar-refractivity contribution in [2.45, 2.75) is 63.0 Å². The summed E-state index contributed by atoms with van der Waals surface area (Å²) in [7, 11) is 0. The quantitative estimate of drug-likeness (QED) is 0.204. The number of halogens is 3. The van der Waals surface area contributed by atoms with Gasteiger partial charge in [0.05, 0.1) is 17.9 Å². The van der Waals surface area contributed by atoms with E-state index >= 15 is 0 Å². The predicted molar refractivity (Wildman–Crippen MR) is 154 cm³/mol. The van der Waals surface area contributed by atoms with E-state index in [9.17, 15) is 27.6 Å². The fraction of sp³-hybridized carbons (Fsp3) is 0.344. The molecule has 1 saturated carbocycles. The molecule has 2 amide bonds. The lowest BCUT2D eigenvalue weighted by molar-refractivity contribution is -0.137. The Morgan fingerprint density at radius 2 is 1.60 bits per heavy atom. The predicted octanol–water partition coefficient (Wildman–Crippen LogP) is 6.50. The molecule has 4 rings (SSSR count). The van der Waals surface area contributed by atoms with Gasteiger partial charge < -0.3 is 21.5 Å². The van der Waals surface area contributed by atoms with E-state index in [1.807, 2.05) is 24.3 Å². The number of carboxylic acid groups (broad SMARTS) is 1. The number of rotatable bonds is 10. The number of hydrogen-bond acceptors (Lipinski definition) is 4. The molecule has 222 valence electrons. The second-order valence-corrected chi connectivity index (χ2v) is 10.6. The van der Waals surface area contributed by atoms with E-state index < -0.39 is 41.1 Å². The normalized spacial score (nSPS) is 14.6. The second kappa shape index (κ2) is 13.5. The Bertz CT molecular complexity index is 1400. The number of nitrogens with one attached hydrogen (secondary N) is 2. The van der Waals surface area contributed by atoms with Gasteiger partial charge in [-0.25, -0.2) is 0 Å². The Morgan fingerprint density at radius 3 is 2.21 bits per heavy atom. The third-order valence-corrected chi connectivity index (χ3v) is 7.64. The van der Waals surface area contributed by atoms with Gasteiger partial charge in [-0.3, -0.25) is 14.4 Å². The molecule has 10 heteroatoms. The first-order valence-corrected chi connectivity index (χ1v) is 14.0. The summed E-state index contributed by atoms with van der Waals surface area (Å²) in [5.41, 5.74) is 7.06. The molecule has 42 heavy (non-hydrogen) atoms. The van der Waals surface area contributed by atoms with Crippen molar-refractivity contribution in [3.8, 4) is 0 Å². The van der Waals surface area contributed by atoms with Crippen LogP contribution in [-0.4, -0.2) is 29.4 Å². The van der Waals surface area contributed by atoms with E-state index in [1.54, 1.807) is 24.3 Å². The number of alkyl halides is 3. The molecule has 0 bridgehead atoms. The number of nitrogens with two attached hydrogens (primary N) is 1. The number of carbonyl (C=O) groups is 3. The van der Waals surface area contributed by atoms with Crippen molar-refractivity contribution < 1.29 is 32.7 Å². The average Bonchev–Trinajstić information content (AvgIpc) is 2.97. The van der Waals surface area contributed by atoms with Crippen LogP contribution in [0, 0.1) is 0 Å². The summed E-state index contributed by atoms with van der Waals surface area (Å²) in [5, 5.41) is 13.9. The number of anilines is 2. The van der Waals surface area contributed by atoms with Gasteiger partial charge in [0.15, 0.2) is 0 Å². The molecule has 0 spiro atoms. The first-order chi connectivity index (χ1) is 20.0. The highest BCUT2D eigenvalue weighted by Gasteiger charge is 2.33. The zero-order chi connectivity index (χ0) is 30.3. The lowest BCUT2D eigenvalue weighted by atomic mass is 9.83. The highest BCUT2D eigenvalue weighted by atomic mass is 19.4. The average molecular weight is 582 g/mol. The Kier molecular flexibility index (Phi) is 9.88. The van der Waals surface area contributed by atoms with Crippen LogP contribution in [0.4, 0.5) is 24.5 Å². The first-order valence-electron chi connectivity index (χ1n) is 14.0. The van der Waals surface area contributed by atoms with Gasteiger partial charge >= 0.3 is 12.1 Å². The molecule has 7 nitrogen and oxygen atoms in total. The summed E-state index contributed by atoms with van der Waals surface area (Å²) in [6, 6.07) is 17.7. The Hall–Kier alpha value is -4.34. The van der Waals surface area contributed by atoms with Crippen molar-refractivity contribution in [3.63, 3.8) is 0 Å². The van der Waals surface area contributed by atoms with Crippen molar-refractivity contribution >= 4 is 29.2 Å². The number of aliphatic carboxylic acids is 1. The fourth-order valence-electron chi connectivity index (χ4n) is 5.32. The van der Waals surface area contributed by atoms with Crippen molar-refractivity contribution in [1.29, 1.82) is 0 Å². The molecular weight excluding hydrogens is 547 g/mol. The molecule has 1 atom stereocenters. The lowest BCUT2D eigenvalue weighted by Crippen LogP contribution is -2.26. The minimum atomic E-state index is -4.67. The number of nitrogen functional groups attached to an aromatic ring is 1. The summed E-state index contributed by atoms with van der Waals surface area (Å²) < 4.78 is 40.2. The molecule has 1 unspecified atom stereocenters. The van der Waals surface area contributed by atoms with Crippen LogP contribution in [0.15, 0.2) is 66.7 Å².